The molecule has 1 N–H and O–H groups in total. The van der Waals surface area contributed by atoms with Crippen molar-refractivity contribution < 1.29 is 4.74 Å². The summed E-state index contributed by atoms with van der Waals surface area (Å²) in [6, 6.07) is 3.97. The van der Waals surface area contributed by atoms with Crippen molar-refractivity contribution in [3.63, 3.8) is 0 Å². The van der Waals surface area contributed by atoms with Crippen LogP contribution in [0.5, 0.6) is 5.75 Å². The molecule has 0 saturated heterocycles. The molecule has 1 heterocycles. The predicted molar refractivity (Wildman–Crippen MR) is 80.5 cm³/mol. The van der Waals surface area contributed by atoms with Crippen LogP contribution >= 0.6 is 11.3 Å². The molecule has 0 saturated carbocycles. The molecule has 1 aromatic heterocycles. The summed E-state index contributed by atoms with van der Waals surface area (Å²) in [6.45, 7) is 6.02. The second-order valence-corrected chi connectivity index (χ2v) is 5.17. The van der Waals surface area contributed by atoms with Crippen LogP contribution < -0.4 is 10.2 Å². The van der Waals surface area contributed by atoms with Gasteiger partial charge in [0.1, 0.15) is 10.8 Å². The molecule has 0 radical (unpaired) electrons. The minimum Gasteiger partial charge on any atom is -0.496 e. The molecule has 0 aliphatic rings. The first-order chi connectivity index (χ1) is 9.11. The van der Waals surface area contributed by atoms with Crippen molar-refractivity contribution in [2.24, 2.45) is 5.10 Å². The lowest BCUT2D eigenvalue weighted by molar-refractivity contribution is 0.412. The fourth-order valence-electron chi connectivity index (χ4n) is 1.80. The van der Waals surface area contributed by atoms with Crippen LogP contribution in [-0.2, 0) is 0 Å². The number of anilines is 1. The fourth-order valence-corrected chi connectivity index (χ4v) is 2.46. The van der Waals surface area contributed by atoms with Gasteiger partial charge in [-0.1, -0.05) is 6.07 Å². The van der Waals surface area contributed by atoms with Crippen LogP contribution in [0.4, 0.5) is 5.69 Å². The van der Waals surface area contributed by atoms with Crippen molar-refractivity contribution in [1.82, 2.24) is 4.98 Å². The minimum atomic E-state index is 0.855. The van der Waals surface area contributed by atoms with E-state index >= 15 is 0 Å². The molecule has 0 bridgehead atoms. The summed E-state index contributed by atoms with van der Waals surface area (Å²) in [5.41, 5.74) is 7.24. The van der Waals surface area contributed by atoms with Gasteiger partial charge in [0.05, 0.1) is 19.0 Å². The second kappa shape index (κ2) is 5.84. The normalized spacial score (nSPS) is 10.9. The third-order valence-corrected chi connectivity index (χ3v) is 3.73. The molecule has 1 aromatic carbocycles. The maximum absolute atomic E-state index is 5.31. The van der Waals surface area contributed by atoms with E-state index in [0.717, 1.165) is 33.3 Å². The quantitative estimate of drug-likeness (QED) is 0.686. The van der Waals surface area contributed by atoms with Gasteiger partial charge in [0, 0.05) is 16.6 Å². The minimum absolute atomic E-state index is 0.855. The van der Waals surface area contributed by atoms with Crippen LogP contribution in [0.3, 0.4) is 0 Å². The Labute approximate surface area is 117 Å². The van der Waals surface area contributed by atoms with E-state index in [1.54, 1.807) is 24.7 Å². The lowest BCUT2D eigenvalue weighted by Gasteiger charge is -2.12. The number of nitrogens with one attached hydrogen (secondary N) is 1. The van der Waals surface area contributed by atoms with Crippen molar-refractivity contribution >= 4 is 23.2 Å². The van der Waals surface area contributed by atoms with Crippen molar-refractivity contribution in [3.05, 3.63) is 39.3 Å². The molecular weight excluding hydrogens is 258 g/mol. The van der Waals surface area contributed by atoms with Crippen molar-refractivity contribution in [1.29, 1.82) is 0 Å². The maximum atomic E-state index is 5.31. The number of thiazole rings is 1. The van der Waals surface area contributed by atoms with E-state index in [1.165, 1.54) is 0 Å². The monoisotopic (exact) mass is 275 g/mol. The molecule has 4 nitrogen and oxygen atoms in total. The van der Waals surface area contributed by atoms with Crippen molar-refractivity contribution in [2.75, 3.05) is 12.5 Å². The van der Waals surface area contributed by atoms with E-state index in [0.29, 0.717) is 0 Å². The molecule has 100 valence electrons. The number of hydrogen-bond acceptors (Lipinski definition) is 5. The summed E-state index contributed by atoms with van der Waals surface area (Å²) in [6.07, 6.45) is 1.73. The first-order valence-corrected chi connectivity index (χ1v) is 6.85. The van der Waals surface area contributed by atoms with E-state index in [1.807, 2.05) is 38.3 Å². The van der Waals surface area contributed by atoms with E-state index in [9.17, 15) is 0 Å². The van der Waals surface area contributed by atoms with E-state index in [-0.39, 0.29) is 0 Å². The number of rotatable bonds is 4. The zero-order valence-corrected chi connectivity index (χ0v) is 12.3. The summed E-state index contributed by atoms with van der Waals surface area (Å²) < 4.78 is 5.31. The zero-order valence-electron chi connectivity index (χ0n) is 11.5. The topological polar surface area (TPSA) is 46.5 Å². The highest BCUT2D eigenvalue weighted by atomic mass is 32.1. The van der Waals surface area contributed by atoms with Crippen LogP contribution in [-0.4, -0.2) is 18.3 Å². The third-order valence-electron chi connectivity index (χ3n) is 2.83. The standard InChI is InChI=1S/C14H17N3OS/c1-9-5-6-12(18-4)11(3)14(9)17-15-7-13-16-10(2)8-19-13/h5-8,17H,1-4H3/b15-7+. The summed E-state index contributed by atoms with van der Waals surface area (Å²) >= 11 is 1.58. The number of methoxy groups -OCH3 is 1. The molecule has 0 atom stereocenters. The van der Waals surface area contributed by atoms with Crippen LogP contribution in [0.1, 0.15) is 21.8 Å². The number of hydrogen-bond donors (Lipinski definition) is 1. The zero-order chi connectivity index (χ0) is 13.8. The van der Waals surface area contributed by atoms with E-state index in [2.05, 4.69) is 15.5 Å². The van der Waals surface area contributed by atoms with E-state index < -0.39 is 0 Å². The summed E-state index contributed by atoms with van der Waals surface area (Å²) in [4.78, 5) is 4.32. The maximum Gasteiger partial charge on any atom is 0.136 e. The van der Waals surface area contributed by atoms with Crippen LogP contribution in [0.2, 0.25) is 0 Å². The Hall–Kier alpha value is -1.88. The van der Waals surface area contributed by atoms with Gasteiger partial charge in [-0.3, -0.25) is 5.43 Å². The summed E-state index contributed by atoms with van der Waals surface area (Å²) in [7, 11) is 1.67. The van der Waals surface area contributed by atoms with Crippen LogP contribution in [0.25, 0.3) is 0 Å². The number of aromatic nitrogens is 1. The molecule has 0 aliphatic heterocycles. The Balaban J connectivity index is 2.17. The van der Waals surface area contributed by atoms with Gasteiger partial charge >= 0.3 is 0 Å². The fraction of sp³-hybridized carbons (Fsp3) is 0.286. The molecule has 0 spiro atoms. The Morgan fingerprint density at radius 2 is 2.11 bits per heavy atom. The summed E-state index contributed by atoms with van der Waals surface area (Å²) in [5, 5.41) is 7.13. The van der Waals surface area contributed by atoms with Gasteiger partial charge in [-0.25, -0.2) is 4.98 Å². The first kappa shape index (κ1) is 13.5. The van der Waals surface area contributed by atoms with E-state index in [4.69, 9.17) is 4.74 Å². The molecule has 2 aromatic rings. The summed E-state index contributed by atoms with van der Waals surface area (Å²) in [5.74, 6) is 0.855. The smallest absolute Gasteiger partial charge is 0.136 e. The van der Waals surface area contributed by atoms with Gasteiger partial charge in [-0.2, -0.15) is 5.10 Å². The highest BCUT2D eigenvalue weighted by Gasteiger charge is 2.06. The largest absolute Gasteiger partial charge is 0.496 e. The van der Waals surface area contributed by atoms with Crippen LogP contribution in [0, 0.1) is 20.8 Å². The highest BCUT2D eigenvalue weighted by molar-refractivity contribution is 7.11. The molecule has 0 amide bonds. The molecule has 0 aliphatic carbocycles. The second-order valence-electron chi connectivity index (χ2n) is 4.28. The first-order valence-electron chi connectivity index (χ1n) is 5.97. The molecule has 0 unspecified atom stereocenters. The van der Waals surface area contributed by atoms with Crippen molar-refractivity contribution in [3.8, 4) is 5.75 Å². The number of ether oxygens (including phenoxy) is 1. The predicted octanol–water partition coefficient (Wildman–Crippen LogP) is 3.52. The van der Waals surface area contributed by atoms with Crippen molar-refractivity contribution in [2.45, 2.75) is 20.8 Å². The van der Waals surface area contributed by atoms with Gasteiger partial charge in [0.25, 0.3) is 0 Å². The van der Waals surface area contributed by atoms with Gasteiger partial charge in [-0.05, 0) is 32.4 Å². The highest BCUT2D eigenvalue weighted by Crippen LogP contribution is 2.28. The molecule has 5 heteroatoms. The SMILES string of the molecule is COc1ccc(C)c(N/N=C/c2nc(C)cs2)c1C. The average molecular weight is 275 g/mol. The lowest BCUT2D eigenvalue weighted by Crippen LogP contribution is -1.98. The molecular formula is C14H17N3OS. The van der Waals surface area contributed by atoms with Gasteiger partial charge < -0.3 is 4.74 Å². The lowest BCUT2D eigenvalue weighted by atomic mass is 10.1. The Kier molecular flexibility index (Phi) is 4.16. The molecule has 19 heavy (non-hydrogen) atoms. The number of benzene rings is 1. The number of hydrazone groups is 1. The molecule has 2 rings (SSSR count). The van der Waals surface area contributed by atoms with Gasteiger partial charge in [-0.15, -0.1) is 11.3 Å². The van der Waals surface area contributed by atoms with Gasteiger partial charge in [0.15, 0.2) is 0 Å². The van der Waals surface area contributed by atoms with Gasteiger partial charge in [0.2, 0.25) is 0 Å². The Bertz CT molecular complexity index is 605. The number of nitrogens with zero attached hydrogens (tertiary/aromatic N) is 2. The van der Waals surface area contributed by atoms with Crippen LogP contribution in [0.15, 0.2) is 22.6 Å². The average Bonchev–Trinajstić information content (AvgIpc) is 2.79. The molecule has 0 fully saturated rings. The Morgan fingerprint density at radius 1 is 1.32 bits per heavy atom. The number of aryl methyl sites for hydroxylation is 2. The third kappa shape index (κ3) is 3.12. The Morgan fingerprint density at radius 3 is 2.74 bits per heavy atom.